The molecule has 1 rings (SSSR count). The third-order valence-electron chi connectivity index (χ3n) is 6.37. The molecule has 5 nitrogen and oxygen atoms in total. The monoisotopic (exact) mass is 439 g/mol. The van der Waals surface area contributed by atoms with Gasteiger partial charge in [-0.25, -0.2) is 4.79 Å². The second kappa shape index (κ2) is 9.33. The Bertz CT molecular complexity index is 655. The minimum atomic E-state index is -1.93. The second-order valence-corrected chi connectivity index (χ2v) is 20.3. The largest absolute Gasteiger partial charge is 0.412 e. The summed E-state index contributed by atoms with van der Waals surface area (Å²) in [5, 5.41) is 2.75. The minimum Gasteiger partial charge on any atom is -0.412 e. The van der Waals surface area contributed by atoms with Crippen LogP contribution in [0.1, 0.15) is 52.7 Å². The molecule has 0 aliphatic rings. The molecule has 1 aromatic carbocycles. The van der Waals surface area contributed by atoms with Crippen molar-refractivity contribution in [1.82, 2.24) is 5.32 Å². The van der Waals surface area contributed by atoms with Crippen molar-refractivity contribution in [1.29, 1.82) is 0 Å². The van der Waals surface area contributed by atoms with E-state index in [0.29, 0.717) is 19.0 Å². The summed E-state index contributed by atoms with van der Waals surface area (Å²) in [6.07, 6.45) is -0.488. The van der Waals surface area contributed by atoms with Crippen LogP contribution in [-0.4, -0.2) is 29.8 Å². The van der Waals surface area contributed by atoms with Crippen molar-refractivity contribution >= 4 is 22.7 Å². The zero-order chi connectivity index (χ0) is 22.7. The van der Waals surface area contributed by atoms with Crippen LogP contribution < -0.4 is 10.1 Å². The van der Waals surface area contributed by atoms with Gasteiger partial charge in [-0.15, -0.1) is 0 Å². The van der Waals surface area contributed by atoms with E-state index in [4.69, 9.17) is 13.6 Å². The number of ether oxygens (including phenoxy) is 1. The quantitative estimate of drug-likeness (QED) is 0.496. The molecule has 7 heteroatoms. The Morgan fingerprint density at radius 1 is 0.862 bits per heavy atom. The Labute approximate surface area is 179 Å². The summed E-state index contributed by atoms with van der Waals surface area (Å²) in [4.78, 5) is 12.0. The van der Waals surface area contributed by atoms with Crippen LogP contribution in [0.3, 0.4) is 0 Å². The van der Waals surface area contributed by atoms with E-state index >= 15 is 0 Å². The number of nitrogens with one attached hydrogen (secondary N) is 1. The number of carbonyl (C=O) groups is 1. The van der Waals surface area contributed by atoms with Crippen molar-refractivity contribution in [3.8, 4) is 5.75 Å². The maximum Gasteiger partial charge on any atom is 0.412 e. The molecule has 29 heavy (non-hydrogen) atoms. The second-order valence-electron chi connectivity index (χ2n) is 10.6. The van der Waals surface area contributed by atoms with Crippen LogP contribution in [0.25, 0.3) is 0 Å². The lowest BCUT2D eigenvalue weighted by Crippen LogP contribution is -2.40. The number of rotatable bonds is 7. The standard InChI is InChI=1S/C22H41NO4Si2/c1-21(2,3)28(8,9)25-15-17-13-12-14-18(19(17)27-20(24)23-7)16-26-29(10,11)22(4,5)6/h12-14H,15-16H2,1-11H3,(H,23,24). The Hall–Kier alpha value is -1.16. The van der Waals surface area contributed by atoms with Gasteiger partial charge < -0.3 is 18.9 Å². The number of hydrogen-bond donors (Lipinski definition) is 1. The molecule has 0 bridgehead atoms. The molecule has 0 atom stereocenters. The molecular formula is C22H41NO4Si2. The predicted molar refractivity (Wildman–Crippen MR) is 125 cm³/mol. The molecule has 1 amide bonds. The summed E-state index contributed by atoms with van der Waals surface area (Å²) < 4.78 is 18.4. The zero-order valence-corrected chi connectivity index (χ0v) is 22.3. The fourth-order valence-corrected chi connectivity index (χ4v) is 3.99. The van der Waals surface area contributed by atoms with E-state index in [2.05, 4.69) is 73.0 Å². The molecule has 0 fully saturated rings. The number of para-hydroxylation sites is 1. The van der Waals surface area contributed by atoms with Gasteiger partial charge in [0.15, 0.2) is 16.6 Å². The van der Waals surface area contributed by atoms with Crippen LogP contribution in [0.4, 0.5) is 4.79 Å². The summed E-state index contributed by atoms with van der Waals surface area (Å²) in [5.41, 5.74) is 1.74. The van der Waals surface area contributed by atoms with Gasteiger partial charge >= 0.3 is 6.09 Å². The summed E-state index contributed by atoms with van der Waals surface area (Å²) in [5.74, 6) is 0.546. The van der Waals surface area contributed by atoms with Gasteiger partial charge in [0.1, 0.15) is 5.75 Å². The molecule has 0 saturated heterocycles. The lowest BCUT2D eigenvalue weighted by atomic mass is 10.1. The summed E-state index contributed by atoms with van der Waals surface area (Å²) in [6, 6.07) is 5.90. The zero-order valence-electron chi connectivity index (χ0n) is 20.3. The number of hydrogen-bond acceptors (Lipinski definition) is 4. The van der Waals surface area contributed by atoms with Gasteiger partial charge in [-0.2, -0.15) is 0 Å². The molecular weight excluding hydrogens is 398 g/mol. The van der Waals surface area contributed by atoms with Crippen LogP contribution >= 0.6 is 0 Å². The summed E-state index contributed by atoms with van der Waals surface area (Å²) in [7, 11) is -2.30. The van der Waals surface area contributed by atoms with Crippen LogP contribution in [-0.2, 0) is 22.1 Å². The van der Waals surface area contributed by atoms with Crippen LogP contribution in [0.5, 0.6) is 5.75 Å². The van der Waals surface area contributed by atoms with E-state index in [-0.39, 0.29) is 10.1 Å². The molecule has 0 spiro atoms. The normalized spacial score (nSPS) is 13.3. The van der Waals surface area contributed by atoms with E-state index in [1.54, 1.807) is 7.05 Å². The molecule has 0 aliphatic carbocycles. The number of amides is 1. The van der Waals surface area contributed by atoms with Crippen molar-refractivity contribution in [2.75, 3.05) is 7.05 Å². The van der Waals surface area contributed by atoms with Gasteiger partial charge in [0.2, 0.25) is 0 Å². The van der Waals surface area contributed by atoms with E-state index in [0.717, 1.165) is 11.1 Å². The lowest BCUT2D eigenvalue weighted by Gasteiger charge is -2.37. The highest BCUT2D eigenvalue weighted by Gasteiger charge is 2.38. The van der Waals surface area contributed by atoms with Crippen LogP contribution in [0, 0.1) is 0 Å². The average Bonchev–Trinajstić information content (AvgIpc) is 2.57. The molecule has 0 radical (unpaired) electrons. The summed E-state index contributed by atoms with van der Waals surface area (Å²) in [6.45, 7) is 23.0. The summed E-state index contributed by atoms with van der Waals surface area (Å²) >= 11 is 0. The smallest absolute Gasteiger partial charge is 0.412 e. The molecule has 166 valence electrons. The highest BCUT2D eigenvalue weighted by Crippen LogP contribution is 2.39. The third kappa shape index (κ3) is 6.94. The van der Waals surface area contributed by atoms with Gasteiger partial charge in [-0.05, 0) is 36.3 Å². The van der Waals surface area contributed by atoms with Crippen molar-refractivity contribution in [2.45, 2.75) is 91.0 Å². The van der Waals surface area contributed by atoms with Gasteiger partial charge in [0, 0.05) is 18.2 Å². The fraction of sp³-hybridized carbons (Fsp3) is 0.682. The average molecular weight is 440 g/mol. The van der Waals surface area contributed by atoms with Gasteiger partial charge in [0.05, 0.1) is 13.2 Å². The van der Waals surface area contributed by atoms with Crippen LogP contribution in [0.15, 0.2) is 18.2 Å². The van der Waals surface area contributed by atoms with E-state index in [1.165, 1.54) is 0 Å². The first-order chi connectivity index (χ1) is 13.0. The highest BCUT2D eigenvalue weighted by atomic mass is 28.4. The maximum absolute atomic E-state index is 12.0. The molecule has 0 aliphatic heterocycles. The topological polar surface area (TPSA) is 56.8 Å². The van der Waals surface area contributed by atoms with Gasteiger partial charge in [-0.1, -0.05) is 59.7 Å². The number of benzene rings is 1. The molecule has 1 N–H and O–H groups in total. The Morgan fingerprint density at radius 3 is 1.55 bits per heavy atom. The first-order valence-electron chi connectivity index (χ1n) is 10.3. The molecule has 0 aromatic heterocycles. The SMILES string of the molecule is CNC(=O)Oc1c(CO[Si](C)(C)C(C)(C)C)cccc1CO[Si](C)(C)C(C)(C)C. The Balaban J connectivity index is 3.17. The molecule has 0 saturated carbocycles. The molecule has 1 aromatic rings. The minimum absolute atomic E-state index is 0.109. The van der Waals surface area contributed by atoms with Crippen molar-refractivity contribution < 1.29 is 18.4 Å². The van der Waals surface area contributed by atoms with Crippen molar-refractivity contribution in [2.24, 2.45) is 0 Å². The van der Waals surface area contributed by atoms with E-state index in [1.807, 2.05) is 18.2 Å². The molecule has 0 unspecified atom stereocenters. The highest BCUT2D eigenvalue weighted by molar-refractivity contribution is 6.74. The predicted octanol–water partition coefficient (Wildman–Crippen LogP) is 6.45. The fourth-order valence-electron chi connectivity index (χ4n) is 2.09. The lowest BCUT2D eigenvalue weighted by molar-refractivity contribution is 0.198. The maximum atomic E-state index is 12.0. The Kier molecular flexibility index (Phi) is 8.32. The van der Waals surface area contributed by atoms with E-state index in [9.17, 15) is 4.79 Å². The van der Waals surface area contributed by atoms with Gasteiger partial charge in [-0.3, -0.25) is 0 Å². The van der Waals surface area contributed by atoms with Crippen LogP contribution in [0.2, 0.25) is 36.3 Å². The number of carbonyl (C=O) groups excluding carboxylic acids is 1. The first kappa shape index (κ1) is 25.9. The Morgan fingerprint density at radius 2 is 1.24 bits per heavy atom. The third-order valence-corrected chi connectivity index (χ3v) is 15.3. The van der Waals surface area contributed by atoms with Crippen molar-refractivity contribution in [3.05, 3.63) is 29.3 Å². The van der Waals surface area contributed by atoms with Gasteiger partial charge in [0.25, 0.3) is 0 Å². The van der Waals surface area contributed by atoms with Crippen molar-refractivity contribution in [3.63, 3.8) is 0 Å². The molecule has 0 heterocycles. The van der Waals surface area contributed by atoms with E-state index < -0.39 is 22.7 Å². The first-order valence-corrected chi connectivity index (χ1v) is 16.1.